The van der Waals surface area contributed by atoms with E-state index >= 15 is 0 Å². The summed E-state index contributed by atoms with van der Waals surface area (Å²) in [6, 6.07) is 2.02. The summed E-state index contributed by atoms with van der Waals surface area (Å²) in [5, 5.41) is 2.55. The molecule has 0 aliphatic carbocycles. The van der Waals surface area contributed by atoms with Crippen LogP contribution in [0.1, 0.15) is 30.9 Å². The third-order valence-electron chi connectivity index (χ3n) is 2.23. The van der Waals surface area contributed by atoms with Gasteiger partial charge in [0, 0.05) is 11.8 Å². The van der Waals surface area contributed by atoms with Crippen LogP contribution in [0.25, 0.3) is 0 Å². The second kappa shape index (κ2) is 3.29. The van der Waals surface area contributed by atoms with Crippen LogP contribution in [-0.4, -0.2) is 11.1 Å². The fourth-order valence-corrected chi connectivity index (χ4v) is 1.34. The van der Waals surface area contributed by atoms with Gasteiger partial charge in [0.1, 0.15) is 12.4 Å². The number of nitrogens with zero attached hydrogens (tertiary/aromatic N) is 1. The minimum Gasteiger partial charge on any atom is -0.444 e. The summed E-state index contributed by atoms with van der Waals surface area (Å²) in [5.41, 5.74) is 2.10. The maximum Gasteiger partial charge on any atom is 0.413 e. The van der Waals surface area contributed by atoms with Gasteiger partial charge in [-0.25, -0.2) is 9.78 Å². The smallest absolute Gasteiger partial charge is 0.413 e. The highest BCUT2D eigenvalue weighted by Gasteiger charge is 2.17. The highest BCUT2D eigenvalue weighted by molar-refractivity contribution is 5.85. The molecule has 0 bridgehead atoms. The highest BCUT2D eigenvalue weighted by Crippen LogP contribution is 2.23. The van der Waals surface area contributed by atoms with E-state index in [9.17, 15) is 4.79 Å². The molecule has 74 valence electrons. The minimum absolute atomic E-state index is 0.314. The van der Waals surface area contributed by atoms with Crippen molar-refractivity contribution >= 4 is 11.9 Å². The van der Waals surface area contributed by atoms with Crippen molar-refractivity contribution in [2.75, 3.05) is 5.32 Å². The van der Waals surface area contributed by atoms with Crippen LogP contribution in [0.15, 0.2) is 12.3 Å². The van der Waals surface area contributed by atoms with E-state index in [-0.39, 0.29) is 0 Å². The number of carbonyl (C=O) groups is 1. The van der Waals surface area contributed by atoms with E-state index in [4.69, 9.17) is 4.74 Å². The number of amides is 1. The van der Waals surface area contributed by atoms with Crippen LogP contribution < -0.4 is 5.32 Å². The molecule has 2 heterocycles. The molecule has 0 atom stereocenters. The van der Waals surface area contributed by atoms with E-state index in [2.05, 4.69) is 24.1 Å². The van der Waals surface area contributed by atoms with Crippen LogP contribution in [0.4, 0.5) is 10.6 Å². The third-order valence-corrected chi connectivity index (χ3v) is 2.23. The molecule has 0 unspecified atom stereocenters. The van der Waals surface area contributed by atoms with E-state index in [1.165, 1.54) is 0 Å². The molecule has 0 fully saturated rings. The predicted molar refractivity (Wildman–Crippen MR) is 52.1 cm³/mol. The number of aromatic nitrogens is 1. The number of pyridine rings is 1. The van der Waals surface area contributed by atoms with Gasteiger partial charge >= 0.3 is 6.09 Å². The molecule has 2 rings (SSSR count). The molecule has 4 nitrogen and oxygen atoms in total. The van der Waals surface area contributed by atoms with Crippen LogP contribution in [0.2, 0.25) is 0 Å². The topological polar surface area (TPSA) is 51.2 Å². The molecule has 14 heavy (non-hydrogen) atoms. The number of fused-ring (bicyclic) bond motifs is 1. The Bertz CT molecular complexity index is 374. The molecule has 1 aromatic rings. The molecule has 0 spiro atoms. The van der Waals surface area contributed by atoms with E-state index in [1.54, 1.807) is 6.20 Å². The first-order valence-electron chi connectivity index (χ1n) is 4.59. The van der Waals surface area contributed by atoms with Gasteiger partial charge in [0.2, 0.25) is 0 Å². The Balaban J connectivity index is 2.36. The first-order valence-corrected chi connectivity index (χ1v) is 4.59. The highest BCUT2D eigenvalue weighted by atomic mass is 16.5. The second-order valence-corrected chi connectivity index (χ2v) is 3.63. The standard InChI is InChI=1S/C10H12N2O2/c1-6(2)7-3-8-5-14-10(13)12-9(8)11-4-7/h3-4,6H,5H2,1-2H3,(H,11,12,13). The Kier molecular flexibility index (Phi) is 2.11. The van der Waals surface area contributed by atoms with Gasteiger partial charge < -0.3 is 4.74 Å². The van der Waals surface area contributed by atoms with Gasteiger partial charge in [-0.3, -0.25) is 5.32 Å². The molecule has 0 aromatic carbocycles. The van der Waals surface area contributed by atoms with E-state index in [1.807, 2.05) is 6.07 Å². The fraction of sp³-hybridized carbons (Fsp3) is 0.400. The number of hydrogen-bond donors (Lipinski definition) is 1. The summed E-state index contributed by atoms with van der Waals surface area (Å²) in [6.07, 6.45) is 1.36. The predicted octanol–water partition coefficient (Wildman–Crippen LogP) is 2.27. The summed E-state index contributed by atoms with van der Waals surface area (Å²) in [7, 11) is 0. The zero-order valence-corrected chi connectivity index (χ0v) is 8.20. The van der Waals surface area contributed by atoms with Gasteiger partial charge in [0.15, 0.2) is 0 Å². The lowest BCUT2D eigenvalue weighted by Gasteiger charge is -2.17. The van der Waals surface area contributed by atoms with Crippen molar-refractivity contribution in [3.63, 3.8) is 0 Å². The molecule has 0 saturated carbocycles. The van der Waals surface area contributed by atoms with Gasteiger partial charge in [-0.05, 0) is 17.5 Å². The Hall–Kier alpha value is -1.58. The SMILES string of the molecule is CC(C)c1cnc2c(c1)COC(=O)N2. The van der Waals surface area contributed by atoms with Crippen molar-refractivity contribution in [3.8, 4) is 0 Å². The molecule has 1 aliphatic heterocycles. The molecule has 1 aromatic heterocycles. The van der Waals surface area contributed by atoms with Crippen LogP contribution in [0, 0.1) is 0 Å². The number of anilines is 1. The van der Waals surface area contributed by atoms with Crippen molar-refractivity contribution in [3.05, 3.63) is 23.4 Å². The molecular formula is C10H12N2O2. The van der Waals surface area contributed by atoms with Gasteiger partial charge in [-0.2, -0.15) is 0 Å². The normalized spacial score (nSPS) is 14.6. The van der Waals surface area contributed by atoms with Gasteiger partial charge in [-0.1, -0.05) is 13.8 Å². The number of cyclic esters (lactones) is 1. The van der Waals surface area contributed by atoms with Crippen molar-refractivity contribution in [1.82, 2.24) is 4.98 Å². The molecular weight excluding hydrogens is 180 g/mol. The van der Waals surface area contributed by atoms with Crippen molar-refractivity contribution in [2.45, 2.75) is 26.4 Å². The van der Waals surface area contributed by atoms with E-state index < -0.39 is 6.09 Å². The van der Waals surface area contributed by atoms with Gasteiger partial charge in [0.05, 0.1) is 0 Å². The number of ether oxygens (including phenoxy) is 1. The number of rotatable bonds is 1. The van der Waals surface area contributed by atoms with Crippen molar-refractivity contribution in [1.29, 1.82) is 0 Å². The number of nitrogens with one attached hydrogen (secondary N) is 1. The molecule has 4 heteroatoms. The van der Waals surface area contributed by atoms with E-state index in [0.717, 1.165) is 11.1 Å². The molecule has 1 aliphatic rings. The average molecular weight is 192 g/mol. The van der Waals surface area contributed by atoms with Crippen molar-refractivity contribution < 1.29 is 9.53 Å². The third kappa shape index (κ3) is 1.55. The van der Waals surface area contributed by atoms with Gasteiger partial charge in [0.25, 0.3) is 0 Å². The Labute approximate surface area is 82.3 Å². The fourth-order valence-electron chi connectivity index (χ4n) is 1.34. The largest absolute Gasteiger partial charge is 0.444 e. The van der Waals surface area contributed by atoms with Crippen LogP contribution >= 0.6 is 0 Å². The summed E-state index contributed by atoms with van der Waals surface area (Å²) >= 11 is 0. The lowest BCUT2D eigenvalue weighted by atomic mass is 10.0. The van der Waals surface area contributed by atoms with Crippen LogP contribution in [-0.2, 0) is 11.3 Å². The molecule has 0 saturated heterocycles. The maximum absolute atomic E-state index is 10.9. The Morgan fingerprint density at radius 1 is 1.57 bits per heavy atom. The zero-order valence-electron chi connectivity index (χ0n) is 8.20. The summed E-state index contributed by atoms with van der Waals surface area (Å²) in [5.74, 6) is 1.05. The number of hydrogen-bond acceptors (Lipinski definition) is 3. The Morgan fingerprint density at radius 2 is 2.36 bits per heavy atom. The lowest BCUT2D eigenvalue weighted by molar-refractivity contribution is 0.151. The van der Waals surface area contributed by atoms with Crippen LogP contribution in [0.5, 0.6) is 0 Å². The summed E-state index contributed by atoms with van der Waals surface area (Å²) in [6.45, 7) is 4.52. The van der Waals surface area contributed by atoms with Gasteiger partial charge in [-0.15, -0.1) is 0 Å². The quantitative estimate of drug-likeness (QED) is 0.742. The molecule has 1 N–H and O–H groups in total. The van der Waals surface area contributed by atoms with Crippen molar-refractivity contribution in [2.24, 2.45) is 0 Å². The molecule has 1 amide bonds. The van der Waals surface area contributed by atoms with E-state index in [0.29, 0.717) is 18.3 Å². The molecule has 0 radical (unpaired) electrons. The Morgan fingerprint density at radius 3 is 3.07 bits per heavy atom. The lowest BCUT2D eigenvalue weighted by Crippen LogP contribution is -2.21. The minimum atomic E-state index is -0.428. The van der Waals surface area contributed by atoms with Crippen LogP contribution in [0.3, 0.4) is 0 Å². The average Bonchev–Trinajstić information content (AvgIpc) is 2.16. The monoisotopic (exact) mass is 192 g/mol. The first kappa shape index (κ1) is 8.99. The maximum atomic E-state index is 10.9. The first-order chi connectivity index (χ1) is 6.66. The summed E-state index contributed by atoms with van der Waals surface area (Å²) in [4.78, 5) is 15.1. The second-order valence-electron chi connectivity index (χ2n) is 3.63. The number of carbonyl (C=O) groups excluding carboxylic acids is 1. The zero-order chi connectivity index (χ0) is 10.1. The summed E-state index contributed by atoms with van der Waals surface area (Å²) < 4.78 is 4.85.